The van der Waals surface area contributed by atoms with E-state index in [-0.39, 0.29) is 47.8 Å². The van der Waals surface area contributed by atoms with Crippen molar-refractivity contribution in [2.45, 2.75) is 88.4 Å². The van der Waals surface area contributed by atoms with Crippen LogP contribution in [0.15, 0.2) is 37.0 Å². The maximum atomic E-state index is 12.4. The van der Waals surface area contributed by atoms with E-state index in [0.29, 0.717) is 61.1 Å². The third-order valence-electron chi connectivity index (χ3n) is 9.95. The maximum Gasteiger partial charge on any atom is 0.305 e. The van der Waals surface area contributed by atoms with Gasteiger partial charge in [0.25, 0.3) is 0 Å². The van der Waals surface area contributed by atoms with Crippen LogP contribution in [0.3, 0.4) is 0 Å². The zero-order chi connectivity index (χ0) is 37.0. The molecule has 0 aliphatic heterocycles. The lowest BCUT2D eigenvalue weighted by atomic mass is 10.1. The molecule has 0 amide bonds. The summed E-state index contributed by atoms with van der Waals surface area (Å²) in [6, 6.07) is 0.976. The number of rotatable bonds is 19. The number of hydrogen-bond donors (Lipinski definition) is 4. The minimum atomic E-state index is -0.180. The monoisotopic (exact) mass is 774 g/mol. The van der Waals surface area contributed by atoms with E-state index in [2.05, 4.69) is 64.8 Å². The number of imidazole rings is 2. The number of aromatic nitrogens is 8. The Morgan fingerprint density at radius 2 is 1.13 bits per heavy atom. The average Bonchev–Trinajstić information content (AvgIpc) is 3.88. The standard InChI is InChI=1S/C36H46N12O4S2/c37-35-43-31(41-23-7-8-23)29-33(45-35)47(19-39-29)25-11-5-21(15-25)17-51-27(49)3-1-13-53-54-14-2-4-28(50)52-18-22-6-12-26(16-22)48-20-40-30-32(42-24-9-10-24)44-36(38)46-34(30)48/h5-6,11-12,19-26H,1-4,7-10,13-18H2,(H3,37,41,43,45)(H3,38,42,44,46)/t21-,22-,25+,26+/m1/s1. The quantitative estimate of drug-likeness (QED) is 0.0415. The van der Waals surface area contributed by atoms with Gasteiger partial charge >= 0.3 is 11.9 Å². The van der Waals surface area contributed by atoms with Gasteiger partial charge in [0.1, 0.15) is 0 Å². The molecule has 0 bridgehead atoms. The van der Waals surface area contributed by atoms with Crippen LogP contribution in [0.1, 0.15) is 76.3 Å². The normalized spacial score (nSPS) is 22.0. The van der Waals surface area contributed by atoms with Crippen LogP contribution in [0.5, 0.6) is 0 Å². The van der Waals surface area contributed by atoms with Gasteiger partial charge in [-0.25, -0.2) is 9.97 Å². The number of carbonyl (C=O) groups is 2. The number of anilines is 4. The lowest BCUT2D eigenvalue weighted by Crippen LogP contribution is -2.14. The molecule has 4 aliphatic rings. The number of esters is 2. The molecule has 18 heteroatoms. The van der Waals surface area contributed by atoms with Crippen molar-refractivity contribution in [3.63, 3.8) is 0 Å². The van der Waals surface area contributed by atoms with Crippen LogP contribution in [0, 0.1) is 11.8 Å². The summed E-state index contributed by atoms with van der Waals surface area (Å²) >= 11 is 0. The highest BCUT2D eigenvalue weighted by atomic mass is 33.1. The topological polar surface area (TPSA) is 216 Å². The smallest absolute Gasteiger partial charge is 0.305 e. The lowest BCUT2D eigenvalue weighted by Gasteiger charge is -2.15. The van der Waals surface area contributed by atoms with Crippen molar-refractivity contribution in [2.24, 2.45) is 11.8 Å². The molecule has 4 aromatic rings. The molecule has 8 rings (SSSR count). The summed E-state index contributed by atoms with van der Waals surface area (Å²) in [5.74, 6) is 3.39. The zero-order valence-corrected chi connectivity index (χ0v) is 31.6. The van der Waals surface area contributed by atoms with Crippen molar-refractivity contribution in [3.8, 4) is 0 Å². The largest absolute Gasteiger partial charge is 0.465 e. The number of allylic oxidation sites excluding steroid dienone is 2. The summed E-state index contributed by atoms with van der Waals surface area (Å²) < 4.78 is 15.2. The van der Waals surface area contributed by atoms with Crippen LogP contribution >= 0.6 is 21.6 Å². The van der Waals surface area contributed by atoms with Crippen LogP contribution in [0.4, 0.5) is 23.5 Å². The average molecular weight is 775 g/mol. The van der Waals surface area contributed by atoms with Gasteiger partial charge in [-0.2, -0.15) is 19.9 Å². The third kappa shape index (κ3) is 9.02. The highest BCUT2D eigenvalue weighted by Gasteiger charge is 2.29. The van der Waals surface area contributed by atoms with Crippen molar-refractivity contribution in [1.29, 1.82) is 0 Å². The fraction of sp³-hybridized carbons (Fsp3) is 0.556. The highest BCUT2D eigenvalue weighted by Crippen LogP contribution is 2.35. The molecule has 4 atom stereocenters. The highest BCUT2D eigenvalue weighted by molar-refractivity contribution is 8.76. The number of nitrogens with one attached hydrogen (secondary N) is 2. The Balaban J connectivity index is 0.660. The van der Waals surface area contributed by atoms with Gasteiger partial charge in [-0.15, -0.1) is 0 Å². The Morgan fingerprint density at radius 3 is 1.56 bits per heavy atom. The van der Waals surface area contributed by atoms with Gasteiger partial charge in [0, 0.05) is 48.3 Å². The second kappa shape index (κ2) is 16.4. The first-order chi connectivity index (χ1) is 26.4. The molecule has 4 aromatic heterocycles. The first-order valence-electron chi connectivity index (χ1n) is 18.8. The van der Waals surface area contributed by atoms with Crippen LogP contribution in [0.2, 0.25) is 0 Å². The summed E-state index contributed by atoms with van der Waals surface area (Å²) in [6.07, 6.45) is 20.3. The maximum absolute atomic E-state index is 12.4. The molecule has 0 spiro atoms. The molecule has 286 valence electrons. The summed E-state index contributed by atoms with van der Waals surface area (Å²) in [6.45, 7) is 0.705. The molecule has 54 heavy (non-hydrogen) atoms. The minimum Gasteiger partial charge on any atom is -0.465 e. The van der Waals surface area contributed by atoms with E-state index in [1.165, 1.54) is 0 Å². The third-order valence-corrected chi connectivity index (χ3v) is 12.5. The van der Waals surface area contributed by atoms with Crippen LogP contribution < -0.4 is 22.1 Å². The van der Waals surface area contributed by atoms with Gasteiger partial charge in [-0.05, 0) is 51.4 Å². The second-order valence-electron chi connectivity index (χ2n) is 14.5. The van der Waals surface area contributed by atoms with E-state index in [1.54, 1.807) is 34.2 Å². The molecule has 16 nitrogen and oxygen atoms in total. The number of carbonyl (C=O) groups excluding carboxylic acids is 2. The minimum absolute atomic E-state index is 0.0596. The molecule has 0 radical (unpaired) electrons. The number of nitrogens with two attached hydrogens (primary N) is 2. The van der Waals surface area contributed by atoms with E-state index < -0.39 is 0 Å². The molecule has 4 heterocycles. The van der Waals surface area contributed by atoms with Crippen LogP contribution in [0.25, 0.3) is 22.3 Å². The fourth-order valence-corrected chi connectivity index (χ4v) is 8.95. The van der Waals surface area contributed by atoms with Gasteiger partial charge in [-0.3, -0.25) is 9.59 Å². The van der Waals surface area contributed by atoms with E-state index in [1.807, 2.05) is 9.13 Å². The van der Waals surface area contributed by atoms with Gasteiger partial charge in [0.2, 0.25) is 11.9 Å². The predicted molar refractivity (Wildman–Crippen MR) is 211 cm³/mol. The summed E-state index contributed by atoms with van der Waals surface area (Å²) in [5, 5.41) is 6.79. The second-order valence-corrected chi connectivity index (χ2v) is 17.2. The van der Waals surface area contributed by atoms with Gasteiger partial charge in [0.15, 0.2) is 34.0 Å². The van der Waals surface area contributed by atoms with Gasteiger partial charge < -0.3 is 40.7 Å². The zero-order valence-electron chi connectivity index (χ0n) is 30.0. The Labute approximate surface area is 320 Å². The first-order valence-corrected chi connectivity index (χ1v) is 21.3. The molecular weight excluding hydrogens is 729 g/mol. The molecule has 0 unspecified atom stereocenters. The number of ether oxygens (including phenoxy) is 2. The SMILES string of the molecule is Nc1nc(NC2CC2)c2ncn([C@H]3C=C[C@@H](COC(=O)CCCSSCCCC(=O)OC[C@@H]4C=C[C@H](n5cnc6c(NC7CC7)nc(N)nc65)C4)C3)c2n1. The van der Waals surface area contributed by atoms with Crippen LogP contribution in [-0.2, 0) is 19.1 Å². The molecular formula is C36H46N12O4S2. The van der Waals surface area contributed by atoms with E-state index in [0.717, 1.165) is 73.9 Å². The van der Waals surface area contributed by atoms with Gasteiger partial charge in [-0.1, -0.05) is 45.9 Å². The Hall–Kier alpha value is -4.58. The number of nitrogens with zero attached hydrogens (tertiary/aromatic N) is 8. The number of fused-ring (bicyclic) bond motifs is 2. The Morgan fingerprint density at radius 1 is 0.685 bits per heavy atom. The Bertz CT molecular complexity index is 1900. The first kappa shape index (κ1) is 36.4. The van der Waals surface area contributed by atoms with E-state index in [9.17, 15) is 9.59 Å². The molecule has 4 aliphatic carbocycles. The molecule has 2 saturated carbocycles. The number of hydrogen-bond acceptors (Lipinski definition) is 16. The predicted octanol–water partition coefficient (Wildman–Crippen LogP) is 5.24. The van der Waals surface area contributed by atoms with Crippen molar-refractivity contribution >= 4 is 79.4 Å². The number of nitrogen functional groups attached to an aromatic ring is 2. The van der Waals surface area contributed by atoms with E-state index in [4.69, 9.17) is 20.9 Å². The summed E-state index contributed by atoms with van der Waals surface area (Å²) in [5.41, 5.74) is 14.9. The van der Waals surface area contributed by atoms with Crippen LogP contribution in [-0.4, -0.2) is 87.8 Å². The molecule has 0 aromatic carbocycles. The van der Waals surface area contributed by atoms with Crippen molar-refractivity contribution < 1.29 is 19.1 Å². The molecule has 2 fully saturated rings. The van der Waals surface area contributed by atoms with Gasteiger partial charge in [0.05, 0.1) is 38.0 Å². The fourth-order valence-electron chi connectivity index (χ4n) is 6.77. The lowest BCUT2D eigenvalue weighted by molar-refractivity contribution is -0.145. The van der Waals surface area contributed by atoms with Crippen molar-refractivity contribution in [3.05, 3.63) is 37.0 Å². The van der Waals surface area contributed by atoms with E-state index >= 15 is 0 Å². The van der Waals surface area contributed by atoms with Crippen molar-refractivity contribution in [1.82, 2.24) is 39.0 Å². The molecule has 0 saturated heterocycles. The Kier molecular flexibility index (Phi) is 11.1. The summed E-state index contributed by atoms with van der Waals surface area (Å²) in [7, 11) is 3.43. The van der Waals surface area contributed by atoms with Crippen molar-refractivity contribution in [2.75, 3.05) is 46.8 Å². The summed E-state index contributed by atoms with van der Waals surface area (Å²) in [4.78, 5) is 51.6. The molecule has 6 N–H and O–H groups in total.